The summed E-state index contributed by atoms with van der Waals surface area (Å²) in [6, 6.07) is -0.584. The molecule has 6 nitrogen and oxygen atoms in total. The zero-order chi connectivity index (χ0) is 20.0. The number of rotatable bonds is 16. The molecule has 0 aromatic carbocycles. The van der Waals surface area contributed by atoms with Gasteiger partial charge in [0.25, 0.3) is 0 Å². The highest BCUT2D eigenvalue weighted by Gasteiger charge is 2.44. The summed E-state index contributed by atoms with van der Waals surface area (Å²) in [6.45, 7) is 5.78. The molecule has 1 N–H and O–H groups in total. The predicted octanol–water partition coefficient (Wildman–Crippen LogP) is 6.27. The standard InChI is InChI=1S/C21H41N3O3/c1-4-5-6-7-8-9-10-11-12-13-14-15-16-19-20(18(17-25)23-24-22)27-21(2,3)26-19/h18-20,25H,4-17H2,1-3H3/t18-,19+,20-/m0/s1. The minimum absolute atomic E-state index is 0.120. The van der Waals surface area contributed by atoms with Crippen molar-refractivity contribution >= 4 is 0 Å². The van der Waals surface area contributed by atoms with Gasteiger partial charge in [0.15, 0.2) is 5.79 Å². The minimum atomic E-state index is -0.690. The highest BCUT2D eigenvalue weighted by molar-refractivity contribution is 4.90. The molecular formula is C21H41N3O3. The van der Waals surface area contributed by atoms with Gasteiger partial charge in [-0.15, -0.1) is 0 Å². The molecule has 0 spiro atoms. The van der Waals surface area contributed by atoms with Crippen molar-refractivity contribution in [3.63, 3.8) is 0 Å². The van der Waals surface area contributed by atoms with Crippen LogP contribution in [0, 0.1) is 0 Å². The van der Waals surface area contributed by atoms with Crippen molar-refractivity contribution in [3.8, 4) is 0 Å². The van der Waals surface area contributed by atoms with Gasteiger partial charge in [0.2, 0.25) is 0 Å². The third kappa shape index (κ3) is 10.3. The molecule has 1 fully saturated rings. The fraction of sp³-hybridized carbons (Fsp3) is 1.00. The zero-order valence-electron chi connectivity index (χ0n) is 17.7. The van der Waals surface area contributed by atoms with Gasteiger partial charge in [-0.3, -0.25) is 0 Å². The smallest absolute Gasteiger partial charge is 0.163 e. The number of hydrogen-bond acceptors (Lipinski definition) is 4. The van der Waals surface area contributed by atoms with E-state index in [1.807, 2.05) is 13.8 Å². The average Bonchev–Trinajstić information content (AvgIpc) is 2.95. The maximum absolute atomic E-state index is 9.48. The van der Waals surface area contributed by atoms with Crippen molar-refractivity contribution in [2.75, 3.05) is 6.61 Å². The number of azide groups is 1. The van der Waals surface area contributed by atoms with Crippen LogP contribution in [0.5, 0.6) is 0 Å². The fourth-order valence-corrected chi connectivity index (χ4v) is 3.87. The molecule has 0 aliphatic carbocycles. The van der Waals surface area contributed by atoms with Gasteiger partial charge < -0.3 is 14.6 Å². The number of aliphatic hydroxyl groups is 1. The van der Waals surface area contributed by atoms with Gasteiger partial charge >= 0.3 is 0 Å². The van der Waals surface area contributed by atoms with Crippen LogP contribution in [0.25, 0.3) is 10.4 Å². The summed E-state index contributed by atoms with van der Waals surface area (Å²) >= 11 is 0. The van der Waals surface area contributed by atoms with Crippen LogP contribution in [0.1, 0.15) is 104 Å². The van der Waals surface area contributed by atoms with Gasteiger partial charge in [0.05, 0.1) is 24.9 Å². The van der Waals surface area contributed by atoms with E-state index in [1.54, 1.807) is 0 Å². The second-order valence-corrected chi connectivity index (χ2v) is 8.27. The number of aliphatic hydroxyl groups excluding tert-OH is 1. The Hall–Kier alpha value is -0.810. The Bertz CT molecular complexity index is 425. The Morgan fingerprint density at radius 2 is 1.44 bits per heavy atom. The molecule has 1 heterocycles. The maximum atomic E-state index is 9.48. The monoisotopic (exact) mass is 383 g/mol. The Kier molecular flexibility index (Phi) is 12.8. The first-order valence-electron chi connectivity index (χ1n) is 11.0. The Labute approximate surface area is 165 Å². The van der Waals surface area contributed by atoms with Gasteiger partial charge in [-0.1, -0.05) is 89.1 Å². The summed E-state index contributed by atoms with van der Waals surface area (Å²) in [6.07, 6.45) is 16.2. The molecule has 3 atom stereocenters. The lowest BCUT2D eigenvalue weighted by atomic mass is 10.00. The van der Waals surface area contributed by atoms with Crippen molar-refractivity contribution in [3.05, 3.63) is 10.4 Å². The lowest BCUT2D eigenvalue weighted by Crippen LogP contribution is -2.36. The summed E-state index contributed by atoms with van der Waals surface area (Å²) in [7, 11) is 0. The normalized spacial score (nSPS) is 22.5. The molecule has 1 aliphatic rings. The lowest BCUT2D eigenvalue weighted by molar-refractivity contribution is -0.148. The fourth-order valence-electron chi connectivity index (χ4n) is 3.87. The molecule has 1 saturated heterocycles. The highest BCUT2D eigenvalue weighted by Crippen LogP contribution is 2.33. The molecule has 0 amide bonds. The van der Waals surface area contributed by atoms with Crippen LogP contribution in [0.4, 0.5) is 0 Å². The molecule has 0 radical (unpaired) electrons. The Morgan fingerprint density at radius 1 is 0.926 bits per heavy atom. The Balaban J connectivity index is 2.13. The molecule has 0 unspecified atom stereocenters. The first-order valence-corrected chi connectivity index (χ1v) is 11.0. The van der Waals surface area contributed by atoms with Crippen LogP contribution >= 0.6 is 0 Å². The molecular weight excluding hydrogens is 342 g/mol. The summed E-state index contributed by atoms with van der Waals surface area (Å²) in [5.74, 6) is -0.690. The lowest BCUT2D eigenvalue weighted by Gasteiger charge is -2.21. The highest BCUT2D eigenvalue weighted by atomic mass is 16.8. The maximum Gasteiger partial charge on any atom is 0.163 e. The van der Waals surface area contributed by atoms with Gasteiger partial charge in [-0.25, -0.2) is 0 Å². The molecule has 1 aliphatic heterocycles. The van der Waals surface area contributed by atoms with Crippen molar-refractivity contribution < 1.29 is 14.6 Å². The number of nitrogens with zero attached hydrogens (tertiary/aromatic N) is 3. The molecule has 0 bridgehead atoms. The minimum Gasteiger partial charge on any atom is -0.396 e. The van der Waals surface area contributed by atoms with Crippen LogP contribution in [-0.4, -0.2) is 35.8 Å². The first-order chi connectivity index (χ1) is 13.0. The van der Waals surface area contributed by atoms with Gasteiger partial charge in [0, 0.05) is 4.91 Å². The second-order valence-electron chi connectivity index (χ2n) is 8.27. The van der Waals surface area contributed by atoms with E-state index in [-0.39, 0.29) is 18.8 Å². The predicted molar refractivity (Wildman–Crippen MR) is 110 cm³/mol. The summed E-state index contributed by atoms with van der Waals surface area (Å²) in [5.41, 5.74) is 8.68. The van der Waals surface area contributed by atoms with Crippen LogP contribution in [-0.2, 0) is 9.47 Å². The number of ether oxygens (including phenoxy) is 2. The molecule has 0 aromatic rings. The van der Waals surface area contributed by atoms with E-state index < -0.39 is 11.8 Å². The van der Waals surface area contributed by atoms with Crippen LogP contribution in [0.3, 0.4) is 0 Å². The van der Waals surface area contributed by atoms with Crippen molar-refractivity contribution in [2.24, 2.45) is 5.11 Å². The molecule has 1 rings (SSSR count). The van der Waals surface area contributed by atoms with E-state index in [0.29, 0.717) is 0 Å². The molecule has 0 saturated carbocycles. The number of hydrogen-bond donors (Lipinski definition) is 1. The van der Waals surface area contributed by atoms with Crippen LogP contribution in [0.2, 0.25) is 0 Å². The molecule has 158 valence electrons. The van der Waals surface area contributed by atoms with Crippen molar-refractivity contribution in [2.45, 2.75) is 128 Å². The summed E-state index contributed by atoms with van der Waals surface area (Å²) in [5, 5.41) is 13.2. The third-order valence-corrected chi connectivity index (χ3v) is 5.33. The summed E-state index contributed by atoms with van der Waals surface area (Å²) < 4.78 is 11.9. The Morgan fingerprint density at radius 3 is 1.93 bits per heavy atom. The quantitative estimate of drug-likeness (QED) is 0.147. The third-order valence-electron chi connectivity index (χ3n) is 5.33. The van der Waals surface area contributed by atoms with Crippen LogP contribution in [0.15, 0.2) is 5.11 Å². The van der Waals surface area contributed by atoms with Crippen LogP contribution < -0.4 is 0 Å². The largest absolute Gasteiger partial charge is 0.396 e. The topological polar surface area (TPSA) is 87.5 Å². The van der Waals surface area contributed by atoms with E-state index in [9.17, 15) is 5.11 Å². The van der Waals surface area contributed by atoms with E-state index in [0.717, 1.165) is 12.8 Å². The summed E-state index contributed by atoms with van der Waals surface area (Å²) in [4.78, 5) is 2.83. The van der Waals surface area contributed by atoms with Gasteiger partial charge in [-0.2, -0.15) is 0 Å². The molecule has 27 heavy (non-hydrogen) atoms. The van der Waals surface area contributed by atoms with E-state index in [4.69, 9.17) is 15.0 Å². The molecule has 6 heteroatoms. The van der Waals surface area contributed by atoms with Crippen molar-refractivity contribution in [1.82, 2.24) is 0 Å². The average molecular weight is 384 g/mol. The van der Waals surface area contributed by atoms with E-state index in [2.05, 4.69) is 16.9 Å². The van der Waals surface area contributed by atoms with Gasteiger partial charge in [0.1, 0.15) is 0 Å². The second kappa shape index (κ2) is 14.2. The first kappa shape index (κ1) is 24.2. The van der Waals surface area contributed by atoms with Gasteiger partial charge in [-0.05, 0) is 25.8 Å². The van der Waals surface area contributed by atoms with E-state index in [1.165, 1.54) is 70.6 Å². The number of unbranched alkanes of at least 4 members (excludes halogenated alkanes) is 11. The SMILES string of the molecule is CCCCCCCCCCCCCC[C@H]1OC(C)(C)O[C@H]1[C@H](CO)N=[N+]=[N-]. The van der Waals surface area contributed by atoms with Crippen molar-refractivity contribution in [1.29, 1.82) is 0 Å². The molecule has 0 aromatic heterocycles. The zero-order valence-corrected chi connectivity index (χ0v) is 17.7. The van der Waals surface area contributed by atoms with E-state index >= 15 is 0 Å².